The number of hydrazine groups is 1. The SMILES string of the molecule is Cc1nc(CC(NN)c2ccc(F)c(F)c2F)cs1. The summed E-state index contributed by atoms with van der Waals surface area (Å²) in [5.74, 6) is 1.42. The summed E-state index contributed by atoms with van der Waals surface area (Å²) in [4.78, 5) is 4.23. The number of nitrogens with one attached hydrogen (secondary N) is 1. The van der Waals surface area contributed by atoms with Crippen molar-refractivity contribution in [1.29, 1.82) is 0 Å². The van der Waals surface area contributed by atoms with Crippen LogP contribution in [0.15, 0.2) is 17.5 Å². The van der Waals surface area contributed by atoms with Gasteiger partial charge in [0.2, 0.25) is 0 Å². The van der Waals surface area contributed by atoms with E-state index in [4.69, 9.17) is 5.84 Å². The van der Waals surface area contributed by atoms with E-state index in [1.54, 1.807) is 0 Å². The van der Waals surface area contributed by atoms with E-state index in [0.29, 0.717) is 6.42 Å². The van der Waals surface area contributed by atoms with Crippen LogP contribution in [0.2, 0.25) is 0 Å². The first kappa shape index (κ1) is 14.0. The molecule has 1 atom stereocenters. The van der Waals surface area contributed by atoms with Gasteiger partial charge >= 0.3 is 0 Å². The lowest BCUT2D eigenvalue weighted by atomic mass is 10.0. The van der Waals surface area contributed by atoms with Crippen molar-refractivity contribution in [3.63, 3.8) is 0 Å². The molecule has 0 saturated carbocycles. The molecule has 0 aliphatic carbocycles. The third kappa shape index (κ3) is 2.94. The number of thiazole rings is 1. The van der Waals surface area contributed by atoms with E-state index < -0.39 is 23.5 Å². The minimum Gasteiger partial charge on any atom is -0.271 e. The Labute approximate surface area is 112 Å². The fraction of sp³-hybridized carbons (Fsp3) is 0.250. The predicted octanol–water partition coefficient (Wildman–Crippen LogP) is 2.62. The van der Waals surface area contributed by atoms with Gasteiger partial charge in [0.05, 0.1) is 16.7 Å². The second kappa shape index (κ2) is 5.68. The Hall–Kier alpha value is -1.44. The molecule has 0 spiro atoms. The number of aryl methyl sites for hydroxylation is 1. The topological polar surface area (TPSA) is 50.9 Å². The molecule has 3 nitrogen and oxygen atoms in total. The summed E-state index contributed by atoms with van der Waals surface area (Å²) in [7, 11) is 0. The summed E-state index contributed by atoms with van der Waals surface area (Å²) >= 11 is 1.45. The number of halogens is 3. The van der Waals surface area contributed by atoms with Gasteiger partial charge in [-0.25, -0.2) is 18.2 Å². The van der Waals surface area contributed by atoms with Gasteiger partial charge in [-0.1, -0.05) is 6.07 Å². The molecule has 1 heterocycles. The van der Waals surface area contributed by atoms with Crippen LogP contribution in [-0.2, 0) is 6.42 Å². The smallest absolute Gasteiger partial charge is 0.194 e. The Bertz CT molecular complexity index is 586. The monoisotopic (exact) mass is 287 g/mol. The van der Waals surface area contributed by atoms with Gasteiger partial charge in [-0.3, -0.25) is 11.3 Å². The van der Waals surface area contributed by atoms with Crippen molar-refractivity contribution in [1.82, 2.24) is 10.4 Å². The minimum absolute atomic E-state index is 0.0212. The summed E-state index contributed by atoms with van der Waals surface area (Å²) in [5.41, 5.74) is 3.10. The molecule has 1 aromatic carbocycles. The van der Waals surface area contributed by atoms with Crippen LogP contribution in [0.1, 0.15) is 22.3 Å². The molecule has 2 rings (SSSR count). The van der Waals surface area contributed by atoms with Crippen molar-refractivity contribution in [3.8, 4) is 0 Å². The normalized spacial score (nSPS) is 12.7. The van der Waals surface area contributed by atoms with Crippen LogP contribution in [0.25, 0.3) is 0 Å². The van der Waals surface area contributed by atoms with Crippen LogP contribution in [0.3, 0.4) is 0 Å². The lowest BCUT2D eigenvalue weighted by molar-refractivity contribution is 0.424. The van der Waals surface area contributed by atoms with Crippen LogP contribution < -0.4 is 11.3 Å². The van der Waals surface area contributed by atoms with E-state index >= 15 is 0 Å². The first-order chi connectivity index (χ1) is 9.02. The van der Waals surface area contributed by atoms with Crippen molar-refractivity contribution in [2.45, 2.75) is 19.4 Å². The number of nitrogens with zero attached hydrogens (tertiary/aromatic N) is 1. The highest BCUT2D eigenvalue weighted by Gasteiger charge is 2.21. The molecule has 0 bridgehead atoms. The molecule has 1 aromatic heterocycles. The molecule has 3 N–H and O–H groups in total. The molecule has 0 aliphatic heterocycles. The van der Waals surface area contributed by atoms with Crippen LogP contribution in [0, 0.1) is 24.4 Å². The molecule has 7 heteroatoms. The Balaban J connectivity index is 2.29. The zero-order valence-corrected chi connectivity index (χ0v) is 10.9. The zero-order chi connectivity index (χ0) is 14.0. The molecule has 1 unspecified atom stereocenters. The Kier molecular flexibility index (Phi) is 4.18. The number of hydrogen-bond donors (Lipinski definition) is 2. The van der Waals surface area contributed by atoms with Crippen LogP contribution in [0.4, 0.5) is 13.2 Å². The quantitative estimate of drug-likeness (QED) is 0.516. The van der Waals surface area contributed by atoms with Gasteiger partial charge in [0.25, 0.3) is 0 Å². The van der Waals surface area contributed by atoms with Crippen molar-refractivity contribution < 1.29 is 13.2 Å². The van der Waals surface area contributed by atoms with Crippen LogP contribution in [-0.4, -0.2) is 4.98 Å². The summed E-state index contributed by atoms with van der Waals surface area (Å²) in [6.45, 7) is 1.84. The van der Waals surface area contributed by atoms with Crippen molar-refractivity contribution in [2.24, 2.45) is 5.84 Å². The Morgan fingerprint density at radius 1 is 1.32 bits per heavy atom. The Morgan fingerprint density at radius 3 is 2.63 bits per heavy atom. The highest BCUT2D eigenvalue weighted by atomic mass is 32.1. The predicted molar refractivity (Wildman–Crippen MR) is 66.9 cm³/mol. The van der Waals surface area contributed by atoms with Crippen LogP contribution in [0.5, 0.6) is 0 Å². The largest absolute Gasteiger partial charge is 0.271 e. The van der Waals surface area contributed by atoms with E-state index in [1.165, 1.54) is 17.4 Å². The summed E-state index contributed by atoms with van der Waals surface area (Å²) in [6.07, 6.45) is 0.294. The molecule has 0 saturated heterocycles. The maximum atomic E-state index is 13.7. The Morgan fingerprint density at radius 2 is 2.05 bits per heavy atom. The molecular formula is C12H12F3N3S. The molecule has 0 fully saturated rings. The average Bonchev–Trinajstić information content (AvgIpc) is 2.80. The number of aromatic nitrogens is 1. The van der Waals surface area contributed by atoms with Gasteiger partial charge in [0.15, 0.2) is 17.5 Å². The standard InChI is InChI=1S/C12H12F3N3S/c1-6-17-7(5-19-6)4-10(18-16)8-2-3-9(13)12(15)11(8)14/h2-3,5,10,18H,4,16H2,1H3. The van der Waals surface area contributed by atoms with Gasteiger partial charge < -0.3 is 0 Å². The summed E-state index contributed by atoms with van der Waals surface area (Å²) in [5, 5.41) is 2.69. The third-order valence-electron chi connectivity index (χ3n) is 2.72. The molecule has 2 aromatic rings. The molecule has 0 aliphatic rings. The number of hydrogen-bond acceptors (Lipinski definition) is 4. The number of nitrogens with two attached hydrogens (primary N) is 1. The molecule has 0 amide bonds. The number of benzene rings is 1. The van der Waals surface area contributed by atoms with Gasteiger partial charge in [0.1, 0.15) is 0 Å². The fourth-order valence-corrected chi connectivity index (χ4v) is 2.41. The minimum atomic E-state index is -1.49. The van der Waals surface area contributed by atoms with Crippen molar-refractivity contribution >= 4 is 11.3 Å². The summed E-state index contributed by atoms with van der Waals surface area (Å²) < 4.78 is 39.8. The number of rotatable bonds is 4. The third-order valence-corrected chi connectivity index (χ3v) is 3.54. The molecule has 19 heavy (non-hydrogen) atoms. The van der Waals surface area contributed by atoms with E-state index in [2.05, 4.69) is 10.4 Å². The van der Waals surface area contributed by atoms with Gasteiger partial charge in [-0.15, -0.1) is 11.3 Å². The van der Waals surface area contributed by atoms with Gasteiger partial charge in [0, 0.05) is 17.4 Å². The van der Waals surface area contributed by atoms with Crippen LogP contribution >= 0.6 is 11.3 Å². The van der Waals surface area contributed by atoms with Gasteiger partial charge in [-0.2, -0.15) is 0 Å². The molecule has 0 radical (unpaired) electrons. The maximum absolute atomic E-state index is 13.7. The first-order valence-corrected chi connectivity index (χ1v) is 6.41. The van der Waals surface area contributed by atoms with E-state index in [0.717, 1.165) is 16.8 Å². The second-order valence-electron chi connectivity index (χ2n) is 4.05. The molecule has 102 valence electrons. The lowest BCUT2D eigenvalue weighted by Gasteiger charge is -2.16. The average molecular weight is 287 g/mol. The zero-order valence-electron chi connectivity index (χ0n) is 10.1. The summed E-state index contributed by atoms with van der Waals surface area (Å²) in [6, 6.07) is 1.39. The van der Waals surface area contributed by atoms with E-state index in [-0.39, 0.29) is 5.56 Å². The maximum Gasteiger partial charge on any atom is 0.194 e. The highest BCUT2D eigenvalue weighted by molar-refractivity contribution is 7.09. The van der Waals surface area contributed by atoms with E-state index in [1.807, 2.05) is 12.3 Å². The van der Waals surface area contributed by atoms with E-state index in [9.17, 15) is 13.2 Å². The van der Waals surface area contributed by atoms with Gasteiger partial charge in [-0.05, 0) is 13.0 Å². The lowest BCUT2D eigenvalue weighted by Crippen LogP contribution is -2.30. The molecular weight excluding hydrogens is 275 g/mol. The van der Waals surface area contributed by atoms with Crippen molar-refractivity contribution in [3.05, 3.63) is 51.2 Å². The second-order valence-corrected chi connectivity index (χ2v) is 5.11. The van der Waals surface area contributed by atoms with Crippen molar-refractivity contribution in [2.75, 3.05) is 0 Å². The fourth-order valence-electron chi connectivity index (χ4n) is 1.78. The highest BCUT2D eigenvalue weighted by Crippen LogP contribution is 2.24. The first-order valence-electron chi connectivity index (χ1n) is 5.53.